The van der Waals surface area contributed by atoms with E-state index in [9.17, 15) is 4.79 Å². The lowest BCUT2D eigenvalue weighted by molar-refractivity contribution is -0.0648. The van der Waals surface area contributed by atoms with E-state index in [0.29, 0.717) is 6.03 Å². The Hall–Kier alpha value is -0.730. The van der Waals surface area contributed by atoms with Gasteiger partial charge >= 0.3 is 6.03 Å². The molecule has 0 radical (unpaired) electrons. The van der Waals surface area contributed by atoms with Crippen molar-refractivity contribution >= 4 is 6.03 Å². The van der Waals surface area contributed by atoms with Crippen LogP contribution in [-0.4, -0.2) is 40.0 Å². The average Bonchev–Trinajstić information content (AvgIpc) is 2.99. The summed E-state index contributed by atoms with van der Waals surface area (Å²) in [7, 11) is 0. The van der Waals surface area contributed by atoms with E-state index in [0.717, 1.165) is 13.1 Å². The van der Waals surface area contributed by atoms with E-state index in [2.05, 4.69) is 23.6 Å². The van der Waals surface area contributed by atoms with Crippen molar-refractivity contribution in [1.29, 1.82) is 0 Å². The smallest absolute Gasteiger partial charge is 0.319 e. The summed E-state index contributed by atoms with van der Waals surface area (Å²) >= 11 is 0. The van der Waals surface area contributed by atoms with Crippen LogP contribution in [0.15, 0.2) is 0 Å². The largest absolute Gasteiger partial charge is 0.320 e. The molecular formula is C38H72N2O. The molecule has 1 aliphatic heterocycles. The first kappa shape index (κ1) is 34.8. The molecule has 0 aromatic heterocycles. The van der Waals surface area contributed by atoms with Crippen LogP contribution in [0.1, 0.15) is 213 Å². The molecule has 3 nitrogen and oxygen atoms in total. The molecule has 1 heterocycles. The number of urea groups is 1. The third-order valence-electron chi connectivity index (χ3n) is 11.3. The normalized spacial score (nSPS) is 20.4. The van der Waals surface area contributed by atoms with E-state index in [1.165, 1.54) is 199 Å². The number of hydrogen-bond acceptors (Lipinski definition) is 1. The van der Waals surface area contributed by atoms with Crippen molar-refractivity contribution in [1.82, 2.24) is 9.80 Å². The Morgan fingerprint density at radius 3 is 1.05 bits per heavy atom. The van der Waals surface area contributed by atoms with Gasteiger partial charge in [-0.1, -0.05) is 168 Å². The lowest BCUT2D eigenvalue weighted by Gasteiger charge is -2.61. The lowest BCUT2D eigenvalue weighted by atomic mass is 9.65. The maximum absolute atomic E-state index is 14.5. The highest BCUT2D eigenvalue weighted by Crippen LogP contribution is 2.50. The van der Waals surface area contributed by atoms with Crippen molar-refractivity contribution in [2.45, 2.75) is 224 Å². The highest BCUT2D eigenvalue weighted by atomic mass is 16.2. The van der Waals surface area contributed by atoms with Crippen LogP contribution in [-0.2, 0) is 0 Å². The summed E-state index contributed by atoms with van der Waals surface area (Å²) < 4.78 is 0. The topological polar surface area (TPSA) is 23.6 Å². The van der Waals surface area contributed by atoms with Gasteiger partial charge in [0.25, 0.3) is 0 Å². The Labute approximate surface area is 257 Å². The van der Waals surface area contributed by atoms with E-state index >= 15 is 0 Å². The molecule has 2 saturated carbocycles. The summed E-state index contributed by atoms with van der Waals surface area (Å²) in [6, 6.07) is 0.451. The van der Waals surface area contributed by atoms with Gasteiger partial charge in [0.05, 0.1) is 0 Å². The third-order valence-corrected chi connectivity index (χ3v) is 11.3. The Bertz CT molecular complexity index is 609. The highest BCUT2D eigenvalue weighted by Gasteiger charge is 2.55. The first-order valence-corrected chi connectivity index (χ1v) is 19.3. The summed E-state index contributed by atoms with van der Waals surface area (Å²) in [6.07, 6.45) is 41.8. The Morgan fingerprint density at radius 2 is 0.732 bits per heavy atom. The molecule has 0 bridgehead atoms. The van der Waals surface area contributed by atoms with Gasteiger partial charge in [0.15, 0.2) is 0 Å². The molecule has 1 saturated heterocycles. The zero-order valence-corrected chi connectivity index (χ0v) is 28.1. The second kappa shape index (κ2) is 20.3. The summed E-state index contributed by atoms with van der Waals surface area (Å²) in [5.41, 5.74) is 0.334. The summed E-state index contributed by atoms with van der Waals surface area (Å²) in [6.45, 7) is 6.63. The monoisotopic (exact) mass is 573 g/mol. The van der Waals surface area contributed by atoms with Crippen LogP contribution in [0.4, 0.5) is 4.79 Å². The van der Waals surface area contributed by atoms with Crippen LogP contribution in [0.3, 0.4) is 0 Å². The average molecular weight is 573 g/mol. The number of carbonyl (C=O) groups is 1. The maximum atomic E-state index is 14.5. The SMILES string of the molecule is CCCCCCCCCCCCN1C(=O)N(CCCCCCCCCCCC)C2(CCCCC2)CC12CCCCC2. The zero-order chi connectivity index (χ0) is 29.1. The van der Waals surface area contributed by atoms with Crippen molar-refractivity contribution in [2.24, 2.45) is 0 Å². The first-order chi connectivity index (χ1) is 20.2. The van der Waals surface area contributed by atoms with Gasteiger partial charge in [-0.2, -0.15) is 0 Å². The van der Waals surface area contributed by atoms with Crippen LogP contribution < -0.4 is 0 Å². The molecule has 2 amide bonds. The number of unbranched alkanes of at least 4 members (excludes halogenated alkanes) is 18. The first-order valence-electron chi connectivity index (χ1n) is 19.3. The lowest BCUT2D eigenvalue weighted by Crippen LogP contribution is -2.71. The van der Waals surface area contributed by atoms with Gasteiger partial charge in [-0.25, -0.2) is 4.79 Å². The van der Waals surface area contributed by atoms with Crippen LogP contribution in [0.5, 0.6) is 0 Å². The molecule has 2 spiro atoms. The molecule has 0 unspecified atom stereocenters. The van der Waals surface area contributed by atoms with Crippen molar-refractivity contribution < 1.29 is 4.79 Å². The van der Waals surface area contributed by atoms with Gasteiger partial charge in [0.1, 0.15) is 0 Å². The van der Waals surface area contributed by atoms with Crippen LogP contribution in [0.2, 0.25) is 0 Å². The van der Waals surface area contributed by atoms with Gasteiger partial charge in [-0.05, 0) is 44.9 Å². The molecule has 0 atom stereocenters. The second-order valence-electron chi connectivity index (χ2n) is 14.7. The van der Waals surface area contributed by atoms with Gasteiger partial charge in [-0.3, -0.25) is 0 Å². The van der Waals surface area contributed by atoms with E-state index in [1.807, 2.05) is 0 Å². The fraction of sp³-hybridized carbons (Fsp3) is 0.974. The van der Waals surface area contributed by atoms with Crippen LogP contribution in [0.25, 0.3) is 0 Å². The standard InChI is InChI=1S/C38H72N2O/c1-3-5-7-9-11-13-15-17-19-27-33-39-36(41)40(34-28-20-18-16-14-12-10-8-6-4-2)38(31-25-22-26-32-38)35-37(39)29-23-21-24-30-37/h3-35H2,1-2H3. The fourth-order valence-electron chi connectivity index (χ4n) is 8.85. The quantitative estimate of drug-likeness (QED) is 0.118. The van der Waals surface area contributed by atoms with E-state index in [-0.39, 0.29) is 11.1 Å². The molecule has 0 aromatic carbocycles. The van der Waals surface area contributed by atoms with Crippen LogP contribution >= 0.6 is 0 Å². The predicted molar refractivity (Wildman–Crippen MR) is 179 cm³/mol. The van der Waals surface area contributed by atoms with Crippen molar-refractivity contribution in [2.75, 3.05) is 13.1 Å². The van der Waals surface area contributed by atoms with Gasteiger partial charge in [-0.15, -0.1) is 0 Å². The molecule has 3 aliphatic rings. The van der Waals surface area contributed by atoms with Crippen molar-refractivity contribution in [3.8, 4) is 0 Å². The third kappa shape index (κ3) is 11.4. The van der Waals surface area contributed by atoms with E-state index in [1.54, 1.807) is 0 Å². The number of nitrogens with zero attached hydrogens (tertiary/aromatic N) is 2. The molecule has 2 aliphatic carbocycles. The molecule has 240 valence electrons. The predicted octanol–water partition coefficient (Wildman–Crippen LogP) is 12.4. The number of rotatable bonds is 22. The molecule has 0 aromatic rings. The number of hydrogen-bond donors (Lipinski definition) is 0. The summed E-state index contributed by atoms with van der Waals surface area (Å²) in [5, 5.41) is 0. The highest BCUT2D eigenvalue weighted by molar-refractivity contribution is 5.78. The zero-order valence-electron chi connectivity index (χ0n) is 28.1. The van der Waals surface area contributed by atoms with Gasteiger partial charge in [0, 0.05) is 24.2 Å². The molecule has 3 fully saturated rings. The number of carbonyl (C=O) groups excluding carboxylic acids is 1. The molecule has 3 rings (SSSR count). The maximum Gasteiger partial charge on any atom is 0.320 e. The Kier molecular flexibility index (Phi) is 17.2. The molecule has 3 heteroatoms. The summed E-state index contributed by atoms with van der Waals surface area (Å²) in [5.74, 6) is 0. The molecule has 0 N–H and O–H groups in total. The molecule has 41 heavy (non-hydrogen) atoms. The molecular weight excluding hydrogens is 500 g/mol. The number of amides is 2. The van der Waals surface area contributed by atoms with Crippen LogP contribution in [0, 0.1) is 0 Å². The minimum Gasteiger partial charge on any atom is -0.319 e. The second-order valence-corrected chi connectivity index (χ2v) is 14.7. The van der Waals surface area contributed by atoms with Crippen molar-refractivity contribution in [3.05, 3.63) is 0 Å². The van der Waals surface area contributed by atoms with E-state index < -0.39 is 0 Å². The minimum absolute atomic E-state index is 0.167. The summed E-state index contributed by atoms with van der Waals surface area (Å²) in [4.78, 5) is 19.5. The van der Waals surface area contributed by atoms with Gasteiger partial charge < -0.3 is 9.80 Å². The van der Waals surface area contributed by atoms with Gasteiger partial charge in [0.2, 0.25) is 0 Å². The minimum atomic E-state index is 0.167. The Morgan fingerprint density at radius 1 is 0.439 bits per heavy atom. The van der Waals surface area contributed by atoms with E-state index in [4.69, 9.17) is 0 Å². The Balaban J connectivity index is 1.50. The van der Waals surface area contributed by atoms with Crippen molar-refractivity contribution in [3.63, 3.8) is 0 Å². The fourth-order valence-corrected chi connectivity index (χ4v) is 8.85.